The lowest BCUT2D eigenvalue weighted by molar-refractivity contribution is 0.667. The molecule has 0 saturated heterocycles. The van der Waals surface area contributed by atoms with Crippen LogP contribution in [-0.4, -0.2) is 19.9 Å². The second-order valence-electron chi connectivity index (χ2n) is 10.3. The SMILES string of the molecule is c1ccc(-c2nc(-c3ccc4c(c3)ncc3oc5ccccc5c34)nc(-c3cccc4oc5ccccc5c34)n2)cc1. The Balaban J connectivity index is 1.29. The van der Waals surface area contributed by atoms with Crippen LogP contribution in [0.2, 0.25) is 0 Å². The first-order valence-corrected chi connectivity index (χ1v) is 13.7. The van der Waals surface area contributed by atoms with Crippen molar-refractivity contribution in [2.24, 2.45) is 0 Å². The van der Waals surface area contributed by atoms with E-state index in [2.05, 4.69) is 18.2 Å². The molecule has 4 heterocycles. The maximum atomic E-state index is 6.16. The van der Waals surface area contributed by atoms with E-state index in [9.17, 15) is 0 Å². The molecule has 0 aliphatic rings. The topological polar surface area (TPSA) is 77.8 Å². The molecule has 0 atom stereocenters. The number of nitrogens with zero attached hydrogens (tertiary/aromatic N) is 4. The molecule has 196 valence electrons. The highest BCUT2D eigenvalue weighted by Crippen LogP contribution is 2.38. The van der Waals surface area contributed by atoms with Gasteiger partial charge in [-0.25, -0.2) is 15.0 Å². The number of hydrogen-bond donors (Lipinski definition) is 0. The van der Waals surface area contributed by atoms with Crippen molar-refractivity contribution in [1.82, 2.24) is 19.9 Å². The van der Waals surface area contributed by atoms with Crippen molar-refractivity contribution in [2.75, 3.05) is 0 Å². The summed E-state index contributed by atoms with van der Waals surface area (Å²) >= 11 is 0. The fraction of sp³-hybridized carbons (Fsp3) is 0. The number of para-hydroxylation sites is 2. The Labute approximate surface area is 238 Å². The standard InChI is InChI=1S/C36H20N4O2/c1-2-9-21(10-3-1)34-38-35(40-36(39-34)26-13-8-16-30-33(26)25-12-5-6-14-28(25)41-30)22-17-18-23-27(19-22)37-20-31-32(23)24-11-4-7-15-29(24)42-31/h1-20H. The van der Waals surface area contributed by atoms with Gasteiger partial charge in [-0.3, -0.25) is 4.98 Å². The minimum Gasteiger partial charge on any atom is -0.456 e. The average Bonchev–Trinajstić information content (AvgIpc) is 3.63. The third-order valence-electron chi connectivity index (χ3n) is 7.78. The van der Waals surface area contributed by atoms with Crippen LogP contribution < -0.4 is 0 Å². The van der Waals surface area contributed by atoms with Gasteiger partial charge >= 0.3 is 0 Å². The zero-order valence-corrected chi connectivity index (χ0v) is 22.2. The number of pyridine rings is 1. The molecular formula is C36H20N4O2. The highest BCUT2D eigenvalue weighted by molar-refractivity contribution is 6.18. The molecule has 0 aliphatic carbocycles. The number of hydrogen-bond acceptors (Lipinski definition) is 6. The fourth-order valence-electron chi connectivity index (χ4n) is 5.85. The predicted octanol–water partition coefficient (Wildman–Crippen LogP) is 9.22. The van der Waals surface area contributed by atoms with Gasteiger partial charge < -0.3 is 8.83 Å². The average molecular weight is 541 g/mol. The van der Waals surface area contributed by atoms with Gasteiger partial charge in [0.1, 0.15) is 16.7 Å². The van der Waals surface area contributed by atoms with Crippen LogP contribution >= 0.6 is 0 Å². The van der Waals surface area contributed by atoms with E-state index in [-0.39, 0.29) is 0 Å². The molecule has 0 unspecified atom stereocenters. The summed E-state index contributed by atoms with van der Waals surface area (Å²) in [5.41, 5.74) is 6.75. The molecule has 6 nitrogen and oxygen atoms in total. The summed E-state index contributed by atoms with van der Waals surface area (Å²) < 4.78 is 12.2. The fourth-order valence-corrected chi connectivity index (χ4v) is 5.85. The number of benzene rings is 5. The van der Waals surface area contributed by atoms with Crippen molar-refractivity contribution in [3.8, 4) is 34.2 Å². The smallest absolute Gasteiger partial charge is 0.164 e. The largest absolute Gasteiger partial charge is 0.456 e. The normalized spacial score (nSPS) is 11.8. The van der Waals surface area contributed by atoms with Gasteiger partial charge in [0, 0.05) is 43.6 Å². The molecule has 0 saturated carbocycles. The molecule has 0 amide bonds. The Hall–Kier alpha value is -5.88. The van der Waals surface area contributed by atoms with Gasteiger partial charge in [-0.2, -0.15) is 0 Å². The van der Waals surface area contributed by atoms with Gasteiger partial charge in [-0.1, -0.05) is 91.0 Å². The monoisotopic (exact) mass is 540 g/mol. The number of furan rings is 2. The number of fused-ring (bicyclic) bond motifs is 8. The van der Waals surface area contributed by atoms with E-state index in [0.717, 1.165) is 71.5 Å². The van der Waals surface area contributed by atoms with E-state index in [1.54, 1.807) is 6.20 Å². The van der Waals surface area contributed by atoms with E-state index >= 15 is 0 Å². The highest BCUT2D eigenvalue weighted by Gasteiger charge is 2.18. The molecule has 0 N–H and O–H groups in total. The second-order valence-corrected chi connectivity index (χ2v) is 10.3. The summed E-state index contributed by atoms with van der Waals surface area (Å²) in [4.78, 5) is 19.7. The van der Waals surface area contributed by atoms with Crippen LogP contribution in [0.15, 0.2) is 130 Å². The molecule has 5 aromatic carbocycles. The Bertz CT molecular complexity index is 2480. The number of rotatable bonds is 3. The molecule has 9 aromatic rings. The quantitative estimate of drug-likeness (QED) is 0.222. The zero-order chi connectivity index (χ0) is 27.6. The van der Waals surface area contributed by atoms with E-state index in [4.69, 9.17) is 28.8 Å². The lowest BCUT2D eigenvalue weighted by atomic mass is 10.0. The van der Waals surface area contributed by atoms with Crippen LogP contribution in [0.1, 0.15) is 0 Å². The summed E-state index contributed by atoms with van der Waals surface area (Å²) in [6, 6.07) is 38.3. The molecule has 0 spiro atoms. The third kappa shape index (κ3) is 3.45. The molecule has 0 fully saturated rings. The summed E-state index contributed by atoms with van der Waals surface area (Å²) in [7, 11) is 0. The van der Waals surface area contributed by atoms with Crippen LogP contribution in [0.5, 0.6) is 0 Å². The highest BCUT2D eigenvalue weighted by atomic mass is 16.3. The second kappa shape index (κ2) is 8.81. The maximum Gasteiger partial charge on any atom is 0.164 e. The van der Waals surface area contributed by atoms with Gasteiger partial charge in [0.25, 0.3) is 0 Å². The lowest BCUT2D eigenvalue weighted by Gasteiger charge is -2.10. The van der Waals surface area contributed by atoms with Crippen molar-refractivity contribution in [1.29, 1.82) is 0 Å². The summed E-state index contributed by atoms with van der Waals surface area (Å²) in [6.45, 7) is 0. The first kappa shape index (κ1) is 22.9. The van der Waals surface area contributed by atoms with Crippen LogP contribution in [0.25, 0.3) is 88.9 Å². The van der Waals surface area contributed by atoms with Crippen LogP contribution in [-0.2, 0) is 0 Å². The molecule has 0 aliphatic heterocycles. The molecule has 6 heteroatoms. The lowest BCUT2D eigenvalue weighted by Crippen LogP contribution is -2.00. The van der Waals surface area contributed by atoms with Crippen molar-refractivity contribution >= 4 is 54.8 Å². The van der Waals surface area contributed by atoms with Crippen molar-refractivity contribution in [2.45, 2.75) is 0 Å². The van der Waals surface area contributed by atoms with E-state index in [1.165, 1.54) is 0 Å². The third-order valence-corrected chi connectivity index (χ3v) is 7.78. The van der Waals surface area contributed by atoms with Gasteiger partial charge in [0.05, 0.1) is 11.7 Å². The molecule has 0 bridgehead atoms. The van der Waals surface area contributed by atoms with E-state index in [1.807, 2.05) is 97.1 Å². The van der Waals surface area contributed by atoms with Crippen molar-refractivity contribution in [3.05, 3.63) is 121 Å². The Morgan fingerprint density at radius 3 is 1.88 bits per heavy atom. The summed E-state index contributed by atoms with van der Waals surface area (Å²) in [5, 5.41) is 5.16. The molecular weight excluding hydrogens is 520 g/mol. The van der Waals surface area contributed by atoms with E-state index in [0.29, 0.717) is 17.5 Å². The predicted molar refractivity (Wildman–Crippen MR) is 166 cm³/mol. The van der Waals surface area contributed by atoms with Crippen molar-refractivity contribution < 1.29 is 8.83 Å². The van der Waals surface area contributed by atoms with Gasteiger partial charge in [-0.05, 0) is 24.3 Å². The molecule has 0 radical (unpaired) electrons. The van der Waals surface area contributed by atoms with Crippen LogP contribution in [0.4, 0.5) is 0 Å². The minimum absolute atomic E-state index is 0.574. The Morgan fingerprint density at radius 2 is 1.07 bits per heavy atom. The van der Waals surface area contributed by atoms with Gasteiger partial charge in [-0.15, -0.1) is 0 Å². The molecule has 9 rings (SSSR count). The van der Waals surface area contributed by atoms with Crippen molar-refractivity contribution in [3.63, 3.8) is 0 Å². The minimum atomic E-state index is 0.574. The maximum absolute atomic E-state index is 6.16. The Kier molecular flexibility index (Phi) is 4.80. The number of aromatic nitrogens is 4. The van der Waals surface area contributed by atoms with Crippen LogP contribution in [0.3, 0.4) is 0 Å². The zero-order valence-electron chi connectivity index (χ0n) is 22.2. The van der Waals surface area contributed by atoms with Crippen LogP contribution in [0, 0.1) is 0 Å². The van der Waals surface area contributed by atoms with E-state index < -0.39 is 0 Å². The summed E-state index contributed by atoms with van der Waals surface area (Å²) in [5.74, 6) is 1.76. The first-order valence-electron chi connectivity index (χ1n) is 13.7. The molecule has 4 aromatic heterocycles. The van der Waals surface area contributed by atoms with Gasteiger partial charge in [0.15, 0.2) is 23.1 Å². The van der Waals surface area contributed by atoms with Gasteiger partial charge in [0.2, 0.25) is 0 Å². The Morgan fingerprint density at radius 1 is 0.429 bits per heavy atom. The first-order chi connectivity index (χ1) is 20.8. The molecule has 42 heavy (non-hydrogen) atoms. The summed E-state index contributed by atoms with van der Waals surface area (Å²) in [6.07, 6.45) is 1.79.